The summed E-state index contributed by atoms with van der Waals surface area (Å²) in [5, 5.41) is 2.80. The molecule has 1 heterocycles. The lowest BCUT2D eigenvalue weighted by Crippen LogP contribution is -2.51. The second-order valence-electron chi connectivity index (χ2n) is 6.77. The van der Waals surface area contributed by atoms with E-state index in [4.69, 9.17) is 4.74 Å². The van der Waals surface area contributed by atoms with Gasteiger partial charge in [-0.15, -0.1) is 0 Å². The highest BCUT2D eigenvalue weighted by Crippen LogP contribution is 2.10. The minimum absolute atomic E-state index is 0.104. The number of nitrogens with one attached hydrogen (secondary N) is 1. The van der Waals surface area contributed by atoms with Gasteiger partial charge in [0.25, 0.3) is 0 Å². The quantitative estimate of drug-likeness (QED) is 0.801. The third kappa shape index (κ3) is 6.74. The van der Waals surface area contributed by atoms with Crippen molar-refractivity contribution in [3.8, 4) is 0 Å². The molecule has 1 aromatic carbocycles. The molecule has 0 aromatic heterocycles. The van der Waals surface area contributed by atoms with Crippen LogP contribution in [0.5, 0.6) is 0 Å². The Bertz CT molecular complexity index is 581. The standard InChI is InChI=1S/C19H29N3O3/c1-15(2)25-18(23)7-8-20-19(24)22-11-9-21(10-12-22)14-17-6-4-5-16(3)13-17/h4-6,13,15H,7-12,14H2,1-3H3,(H,20,24). The van der Waals surface area contributed by atoms with Crippen LogP contribution in [-0.2, 0) is 16.1 Å². The molecule has 25 heavy (non-hydrogen) atoms. The average Bonchev–Trinajstić information content (AvgIpc) is 2.54. The number of carbonyl (C=O) groups is 2. The maximum Gasteiger partial charge on any atom is 0.317 e. The summed E-state index contributed by atoms with van der Waals surface area (Å²) in [5.74, 6) is -0.279. The zero-order valence-electron chi connectivity index (χ0n) is 15.5. The van der Waals surface area contributed by atoms with Crippen molar-refractivity contribution in [2.24, 2.45) is 0 Å². The minimum Gasteiger partial charge on any atom is -0.463 e. The summed E-state index contributed by atoms with van der Waals surface area (Å²) in [6.07, 6.45) is 0.0849. The lowest BCUT2D eigenvalue weighted by Gasteiger charge is -2.34. The van der Waals surface area contributed by atoms with Gasteiger partial charge in [0, 0.05) is 39.3 Å². The van der Waals surface area contributed by atoms with E-state index >= 15 is 0 Å². The van der Waals surface area contributed by atoms with Crippen molar-refractivity contribution in [3.63, 3.8) is 0 Å². The van der Waals surface area contributed by atoms with Gasteiger partial charge in [-0.05, 0) is 26.3 Å². The Hall–Kier alpha value is -2.08. The van der Waals surface area contributed by atoms with Gasteiger partial charge in [0.2, 0.25) is 0 Å². The maximum absolute atomic E-state index is 12.2. The molecule has 1 N–H and O–H groups in total. The highest BCUT2D eigenvalue weighted by atomic mass is 16.5. The fourth-order valence-corrected chi connectivity index (χ4v) is 2.88. The summed E-state index contributed by atoms with van der Waals surface area (Å²) in [5.41, 5.74) is 2.58. The Kier molecular flexibility index (Phi) is 7.25. The molecular formula is C19H29N3O3. The molecule has 1 fully saturated rings. The van der Waals surface area contributed by atoms with Crippen LogP contribution in [0.1, 0.15) is 31.4 Å². The lowest BCUT2D eigenvalue weighted by molar-refractivity contribution is -0.147. The van der Waals surface area contributed by atoms with E-state index in [2.05, 4.69) is 41.4 Å². The number of piperazine rings is 1. The van der Waals surface area contributed by atoms with Crippen molar-refractivity contribution in [3.05, 3.63) is 35.4 Å². The van der Waals surface area contributed by atoms with Crippen LogP contribution in [0.3, 0.4) is 0 Å². The first-order valence-electron chi connectivity index (χ1n) is 8.94. The van der Waals surface area contributed by atoms with Gasteiger partial charge >= 0.3 is 12.0 Å². The van der Waals surface area contributed by atoms with Crippen LogP contribution < -0.4 is 5.32 Å². The van der Waals surface area contributed by atoms with E-state index in [0.717, 1.165) is 19.6 Å². The predicted molar refractivity (Wildman–Crippen MR) is 97.3 cm³/mol. The van der Waals surface area contributed by atoms with E-state index < -0.39 is 0 Å². The molecule has 2 amide bonds. The SMILES string of the molecule is Cc1cccc(CN2CCN(C(=O)NCCC(=O)OC(C)C)CC2)c1. The number of aryl methyl sites for hydroxylation is 1. The van der Waals surface area contributed by atoms with Crippen molar-refractivity contribution >= 4 is 12.0 Å². The van der Waals surface area contributed by atoms with Gasteiger partial charge in [-0.25, -0.2) is 4.79 Å². The second kappa shape index (κ2) is 9.42. The Morgan fingerprint density at radius 1 is 1.20 bits per heavy atom. The average molecular weight is 347 g/mol. The summed E-state index contributed by atoms with van der Waals surface area (Å²) in [6.45, 7) is 10.1. The molecule has 1 aliphatic heterocycles. The van der Waals surface area contributed by atoms with Crippen LogP contribution in [0.25, 0.3) is 0 Å². The normalized spacial score (nSPS) is 15.3. The van der Waals surface area contributed by atoms with E-state index in [1.165, 1.54) is 11.1 Å². The molecular weight excluding hydrogens is 318 g/mol. The highest BCUT2D eigenvalue weighted by molar-refractivity contribution is 5.75. The largest absolute Gasteiger partial charge is 0.463 e. The van der Waals surface area contributed by atoms with Crippen LogP contribution >= 0.6 is 0 Å². The fourth-order valence-electron chi connectivity index (χ4n) is 2.88. The number of benzene rings is 1. The Morgan fingerprint density at radius 3 is 2.56 bits per heavy atom. The second-order valence-corrected chi connectivity index (χ2v) is 6.77. The van der Waals surface area contributed by atoms with Crippen LogP contribution in [0, 0.1) is 6.92 Å². The summed E-state index contributed by atoms with van der Waals surface area (Å²) >= 11 is 0. The Labute approximate surface area is 150 Å². The molecule has 0 atom stereocenters. The lowest BCUT2D eigenvalue weighted by atomic mass is 10.1. The molecule has 0 spiro atoms. The van der Waals surface area contributed by atoms with Gasteiger partial charge in [0.15, 0.2) is 0 Å². The molecule has 2 rings (SSSR count). The zero-order chi connectivity index (χ0) is 18.2. The van der Waals surface area contributed by atoms with Crippen LogP contribution in [0.2, 0.25) is 0 Å². The van der Waals surface area contributed by atoms with E-state index in [0.29, 0.717) is 19.6 Å². The third-order valence-corrected chi connectivity index (χ3v) is 4.12. The van der Waals surface area contributed by atoms with E-state index in [1.54, 1.807) is 4.90 Å². The summed E-state index contributed by atoms with van der Waals surface area (Å²) in [7, 11) is 0. The number of hydrogen-bond donors (Lipinski definition) is 1. The number of ether oxygens (including phenoxy) is 1. The molecule has 138 valence electrons. The van der Waals surface area contributed by atoms with Gasteiger partial charge in [-0.3, -0.25) is 9.69 Å². The molecule has 0 saturated carbocycles. The molecule has 6 heteroatoms. The van der Waals surface area contributed by atoms with Crippen molar-refractivity contribution in [1.29, 1.82) is 0 Å². The number of nitrogens with zero attached hydrogens (tertiary/aromatic N) is 2. The Morgan fingerprint density at radius 2 is 1.92 bits per heavy atom. The van der Waals surface area contributed by atoms with Crippen LogP contribution in [-0.4, -0.2) is 60.6 Å². The summed E-state index contributed by atoms with van der Waals surface area (Å²) < 4.78 is 5.05. The number of urea groups is 1. The number of amides is 2. The fraction of sp³-hybridized carbons (Fsp3) is 0.579. The van der Waals surface area contributed by atoms with Gasteiger partial charge in [0.05, 0.1) is 12.5 Å². The van der Waals surface area contributed by atoms with Crippen molar-refractivity contribution in [1.82, 2.24) is 15.1 Å². The third-order valence-electron chi connectivity index (χ3n) is 4.12. The first kappa shape index (κ1) is 19.2. The Balaban J connectivity index is 1.67. The molecule has 6 nitrogen and oxygen atoms in total. The van der Waals surface area contributed by atoms with Gasteiger partial charge in [-0.2, -0.15) is 0 Å². The molecule has 1 aliphatic rings. The molecule has 1 saturated heterocycles. The number of rotatable bonds is 6. The minimum atomic E-state index is -0.279. The molecule has 0 bridgehead atoms. The van der Waals surface area contributed by atoms with Crippen LogP contribution in [0.4, 0.5) is 4.79 Å². The maximum atomic E-state index is 12.2. The van der Waals surface area contributed by atoms with Crippen molar-refractivity contribution < 1.29 is 14.3 Å². The van der Waals surface area contributed by atoms with Crippen LogP contribution in [0.15, 0.2) is 24.3 Å². The monoisotopic (exact) mass is 347 g/mol. The topological polar surface area (TPSA) is 61.9 Å². The molecule has 0 aliphatic carbocycles. The smallest absolute Gasteiger partial charge is 0.317 e. The summed E-state index contributed by atoms with van der Waals surface area (Å²) in [6, 6.07) is 8.42. The number of esters is 1. The van der Waals surface area contributed by atoms with E-state index in [9.17, 15) is 9.59 Å². The van der Waals surface area contributed by atoms with Gasteiger partial charge in [-0.1, -0.05) is 29.8 Å². The highest BCUT2D eigenvalue weighted by Gasteiger charge is 2.21. The number of carbonyl (C=O) groups excluding carboxylic acids is 2. The first-order chi connectivity index (χ1) is 11.9. The molecule has 0 unspecified atom stereocenters. The first-order valence-corrected chi connectivity index (χ1v) is 8.94. The number of hydrogen-bond acceptors (Lipinski definition) is 4. The predicted octanol–water partition coefficient (Wildman–Crippen LogP) is 2.16. The van der Waals surface area contributed by atoms with Gasteiger partial charge < -0.3 is 15.0 Å². The zero-order valence-corrected chi connectivity index (χ0v) is 15.5. The van der Waals surface area contributed by atoms with Gasteiger partial charge in [0.1, 0.15) is 0 Å². The van der Waals surface area contributed by atoms with Crippen molar-refractivity contribution in [2.75, 3.05) is 32.7 Å². The van der Waals surface area contributed by atoms with E-state index in [1.807, 2.05) is 13.8 Å². The summed E-state index contributed by atoms with van der Waals surface area (Å²) in [4.78, 5) is 27.8. The molecule has 0 radical (unpaired) electrons. The van der Waals surface area contributed by atoms with E-state index in [-0.39, 0.29) is 24.5 Å². The van der Waals surface area contributed by atoms with Crippen molar-refractivity contribution in [2.45, 2.75) is 39.8 Å². The molecule has 1 aromatic rings.